The van der Waals surface area contributed by atoms with E-state index in [-0.39, 0.29) is 11.4 Å². The molecule has 1 N–H and O–H groups in total. The molecule has 0 aliphatic rings. The van der Waals surface area contributed by atoms with Gasteiger partial charge in [0.1, 0.15) is 5.82 Å². The van der Waals surface area contributed by atoms with Crippen molar-refractivity contribution in [2.75, 3.05) is 19.4 Å². The number of aromatic nitrogens is 2. The van der Waals surface area contributed by atoms with Crippen molar-refractivity contribution in [3.05, 3.63) is 17.8 Å². The highest BCUT2D eigenvalue weighted by Gasteiger charge is 2.20. The minimum absolute atomic E-state index is 0.0156. The summed E-state index contributed by atoms with van der Waals surface area (Å²) in [6, 6.07) is 3.50. The molecule has 5 nitrogen and oxygen atoms in total. The largest absolute Gasteiger partial charge is 0.363 e. The van der Waals surface area contributed by atoms with Gasteiger partial charge in [0, 0.05) is 19.6 Å². The topological polar surface area (TPSA) is 58.1 Å². The van der Waals surface area contributed by atoms with Gasteiger partial charge in [-0.1, -0.05) is 13.8 Å². The highest BCUT2D eigenvalue weighted by Crippen LogP contribution is 2.19. The molecule has 100 valence electrons. The van der Waals surface area contributed by atoms with E-state index in [4.69, 9.17) is 0 Å². The lowest BCUT2D eigenvalue weighted by Crippen LogP contribution is -2.33. The molecule has 0 unspecified atom stereocenters. The molecule has 0 saturated heterocycles. The van der Waals surface area contributed by atoms with Crippen molar-refractivity contribution in [3.8, 4) is 0 Å². The van der Waals surface area contributed by atoms with Crippen LogP contribution in [0.3, 0.4) is 0 Å². The highest BCUT2D eigenvalue weighted by atomic mass is 16.2. The fourth-order valence-corrected chi connectivity index (χ4v) is 1.48. The highest BCUT2D eigenvalue weighted by molar-refractivity contribution is 5.91. The molecular formula is C13H22N4O. The Hall–Kier alpha value is -1.65. The average molecular weight is 250 g/mol. The number of nitrogens with one attached hydrogen (secondary N) is 1. The van der Waals surface area contributed by atoms with E-state index >= 15 is 0 Å². The first kappa shape index (κ1) is 14.4. The lowest BCUT2D eigenvalue weighted by Gasteiger charge is -2.28. The van der Waals surface area contributed by atoms with Gasteiger partial charge in [0.15, 0.2) is 5.69 Å². The predicted molar refractivity (Wildman–Crippen MR) is 72.7 cm³/mol. The third-order valence-corrected chi connectivity index (χ3v) is 3.28. The van der Waals surface area contributed by atoms with E-state index in [0.717, 1.165) is 12.8 Å². The van der Waals surface area contributed by atoms with E-state index in [1.165, 1.54) is 4.90 Å². The van der Waals surface area contributed by atoms with Crippen LogP contribution in [-0.2, 0) is 0 Å². The van der Waals surface area contributed by atoms with Gasteiger partial charge in [-0.25, -0.2) is 0 Å². The minimum atomic E-state index is -0.136. The summed E-state index contributed by atoms with van der Waals surface area (Å²) in [6.45, 7) is 6.41. The first-order valence-electron chi connectivity index (χ1n) is 6.25. The number of hydrogen-bond donors (Lipinski definition) is 1. The number of nitrogens with zero attached hydrogens (tertiary/aromatic N) is 3. The van der Waals surface area contributed by atoms with E-state index in [9.17, 15) is 4.79 Å². The van der Waals surface area contributed by atoms with E-state index in [0.29, 0.717) is 11.5 Å². The van der Waals surface area contributed by atoms with Gasteiger partial charge in [0.2, 0.25) is 0 Å². The quantitative estimate of drug-likeness (QED) is 0.870. The van der Waals surface area contributed by atoms with Crippen LogP contribution in [0.25, 0.3) is 0 Å². The van der Waals surface area contributed by atoms with Gasteiger partial charge in [-0.15, -0.1) is 10.2 Å². The van der Waals surface area contributed by atoms with Crippen molar-refractivity contribution in [1.82, 2.24) is 15.1 Å². The van der Waals surface area contributed by atoms with Crippen molar-refractivity contribution >= 4 is 11.7 Å². The summed E-state index contributed by atoms with van der Waals surface area (Å²) in [6.07, 6.45) is 2.01. The number of anilines is 1. The number of hydrogen-bond acceptors (Lipinski definition) is 4. The van der Waals surface area contributed by atoms with Crippen LogP contribution in [-0.4, -0.2) is 40.6 Å². The van der Waals surface area contributed by atoms with Crippen LogP contribution in [0.1, 0.15) is 44.1 Å². The van der Waals surface area contributed by atoms with Gasteiger partial charge in [-0.2, -0.15) is 0 Å². The van der Waals surface area contributed by atoms with Crippen molar-refractivity contribution in [2.24, 2.45) is 0 Å². The standard InChI is InChI=1S/C13H22N4O/c1-6-13(3,7-2)14-11-9-8-10(15-16-11)12(18)17(4)5/h8-9H,6-7H2,1-5H3,(H,14,16). The van der Waals surface area contributed by atoms with Gasteiger partial charge in [0.05, 0.1) is 0 Å². The second kappa shape index (κ2) is 5.80. The Morgan fingerprint density at radius 3 is 2.28 bits per heavy atom. The molecule has 0 atom stereocenters. The number of amides is 1. The summed E-state index contributed by atoms with van der Waals surface area (Å²) in [7, 11) is 3.39. The Labute approximate surface area is 109 Å². The molecule has 5 heteroatoms. The maximum atomic E-state index is 11.7. The fourth-order valence-electron chi connectivity index (χ4n) is 1.48. The van der Waals surface area contributed by atoms with Crippen molar-refractivity contribution < 1.29 is 4.79 Å². The number of rotatable bonds is 5. The zero-order chi connectivity index (χ0) is 13.8. The summed E-state index contributed by atoms with van der Waals surface area (Å²) >= 11 is 0. The molecule has 1 heterocycles. The molecule has 18 heavy (non-hydrogen) atoms. The second-order valence-corrected chi connectivity index (χ2v) is 4.90. The van der Waals surface area contributed by atoms with E-state index < -0.39 is 0 Å². The zero-order valence-electron chi connectivity index (χ0n) is 11.8. The lowest BCUT2D eigenvalue weighted by atomic mass is 9.96. The second-order valence-electron chi connectivity index (χ2n) is 4.90. The third kappa shape index (κ3) is 3.42. The summed E-state index contributed by atoms with van der Waals surface area (Å²) in [5.74, 6) is 0.569. The third-order valence-electron chi connectivity index (χ3n) is 3.28. The Bertz CT molecular complexity index is 396. The van der Waals surface area contributed by atoms with Gasteiger partial charge in [-0.05, 0) is 31.9 Å². The van der Waals surface area contributed by atoms with Crippen molar-refractivity contribution in [1.29, 1.82) is 0 Å². The number of carbonyl (C=O) groups excluding carboxylic acids is 1. The maximum Gasteiger partial charge on any atom is 0.273 e. The number of carbonyl (C=O) groups is 1. The minimum Gasteiger partial charge on any atom is -0.363 e. The van der Waals surface area contributed by atoms with Crippen molar-refractivity contribution in [3.63, 3.8) is 0 Å². The average Bonchev–Trinajstić information content (AvgIpc) is 2.38. The van der Waals surface area contributed by atoms with Crippen LogP contribution in [0.15, 0.2) is 12.1 Å². The Balaban J connectivity index is 2.81. The molecule has 0 saturated carbocycles. The van der Waals surface area contributed by atoms with Gasteiger partial charge < -0.3 is 10.2 Å². The molecule has 1 rings (SSSR count). The molecular weight excluding hydrogens is 228 g/mol. The molecule has 0 aliphatic carbocycles. The lowest BCUT2D eigenvalue weighted by molar-refractivity contribution is 0.0821. The van der Waals surface area contributed by atoms with Crippen LogP contribution in [0, 0.1) is 0 Å². The summed E-state index contributed by atoms with van der Waals surface area (Å²) in [5.41, 5.74) is 0.377. The first-order valence-corrected chi connectivity index (χ1v) is 6.25. The fraction of sp³-hybridized carbons (Fsp3) is 0.615. The van der Waals surface area contributed by atoms with Crippen LogP contribution >= 0.6 is 0 Å². The molecule has 0 aliphatic heterocycles. The first-order chi connectivity index (χ1) is 8.41. The van der Waals surface area contributed by atoms with Crippen LogP contribution in [0.5, 0.6) is 0 Å². The summed E-state index contributed by atoms with van der Waals surface area (Å²) < 4.78 is 0. The Kier molecular flexibility index (Phi) is 4.64. The summed E-state index contributed by atoms with van der Waals surface area (Å²) in [4.78, 5) is 13.1. The van der Waals surface area contributed by atoms with E-state index in [2.05, 4.69) is 36.3 Å². The molecule has 1 aromatic heterocycles. The normalized spacial score (nSPS) is 11.2. The maximum absolute atomic E-state index is 11.7. The van der Waals surface area contributed by atoms with E-state index in [1.54, 1.807) is 26.2 Å². The van der Waals surface area contributed by atoms with Gasteiger partial charge in [-0.3, -0.25) is 4.79 Å². The monoisotopic (exact) mass is 250 g/mol. The SMILES string of the molecule is CCC(C)(CC)Nc1ccc(C(=O)N(C)C)nn1. The molecule has 0 fully saturated rings. The van der Waals surface area contributed by atoms with Crippen LogP contribution in [0.4, 0.5) is 5.82 Å². The zero-order valence-corrected chi connectivity index (χ0v) is 11.8. The summed E-state index contributed by atoms with van der Waals surface area (Å²) in [5, 5.41) is 11.4. The Morgan fingerprint density at radius 1 is 1.28 bits per heavy atom. The molecule has 0 aromatic carbocycles. The molecule has 1 amide bonds. The van der Waals surface area contributed by atoms with Gasteiger partial charge >= 0.3 is 0 Å². The molecule has 1 aromatic rings. The van der Waals surface area contributed by atoms with E-state index in [1.807, 2.05) is 0 Å². The van der Waals surface area contributed by atoms with Crippen LogP contribution < -0.4 is 5.32 Å². The molecule has 0 radical (unpaired) electrons. The molecule has 0 spiro atoms. The van der Waals surface area contributed by atoms with Gasteiger partial charge in [0.25, 0.3) is 5.91 Å². The van der Waals surface area contributed by atoms with Crippen LogP contribution in [0.2, 0.25) is 0 Å². The predicted octanol–water partition coefficient (Wildman–Crippen LogP) is 2.17. The Morgan fingerprint density at radius 2 is 1.89 bits per heavy atom. The molecule has 0 bridgehead atoms. The smallest absolute Gasteiger partial charge is 0.273 e. The van der Waals surface area contributed by atoms with Crippen molar-refractivity contribution in [2.45, 2.75) is 39.2 Å².